The Morgan fingerprint density at radius 2 is 1.97 bits per heavy atom. The van der Waals surface area contributed by atoms with Crippen molar-refractivity contribution in [1.29, 1.82) is 0 Å². The van der Waals surface area contributed by atoms with Gasteiger partial charge in [0.1, 0.15) is 11.9 Å². The van der Waals surface area contributed by atoms with E-state index in [9.17, 15) is 14.7 Å². The quantitative estimate of drug-likeness (QED) is 0.356. The van der Waals surface area contributed by atoms with E-state index >= 15 is 0 Å². The predicted octanol–water partition coefficient (Wildman–Crippen LogP) is 6.20. The van der Waals surface area contributed by atoms with E-state index < -0.39 is 12.0 Å². The number of imidazole rings is 1. The molecular formula is C27H35N3O3S. The molecule has 0 aliphatic heterocycles. The Morgan fingerprint density at radius 1 is 1.21 bits per heavy atom. The lowest BCUT2D eigenvalue weighted by atomic mass is 9.99. The third-order valence-electron chi connectivity index (χ3n) is 7.07. The summed E-state index contributed by atoms with van der Waals surface area (Å²) in [5, 5.41) is 14.4. The first-order valence-corrected chi connectivity index (χ1v) is 13.4. The first kappa shape index (κ1) is 24.5. The number of thiophene rings is 1. The van der Waals surface area contributed by atoms with Crippen molar-refractivity contribution in [2.75, 3.05) is 0 Å². The second-order valence-corrected chi connectivity index (χ2v) is 10.6. The molecule has 6 nitrogen and oxygen atoms in total. The molecule has 3 aromatic rings. The van der Waals surface area contributed by atoms with Gasteiger partial charge in [-0.25, -0.2) is 9.78 Å². The number of hydrogen-bond donors (Lipinski definition) is 2. The average Bonchev–Trinajstić information content (AvgIpc) is 3.37. The number of carboxylic acids is 1. The third kappa shape index (κ3) is 5.69. The number of hydrogen-bond acceptors (Lipinski definition) is 4. The standard InChI is InChI=1S/C27H35N3O3S/c1-3-18(2)15-23(27(32)33)29-26(31)19-12-13-24-22(16-19)28-25(17-21-11-8-14-34-21)30(24)20-9-6-4-5-7-10-20/h8,11-14,16,18,20,23H,3-7,9-10,15,17H2,1-2H3,(H,29,31)(H,32,33)/t18?,23-/m0/s1. The van der Waals surface area contributed by atoms with Gasteiger partial charge in [-0.05, 0) is 54.8 Å². The number of nitrogens with one attached hydrogen (secondary N) is 1. The monoisotopic (exact) mass is 481 g/mol. The van der Waals surface area contributed by atoms with Crippen LogP contribution in [-0.2, 0) is 11.2 Å². The minimum Gasteiger partial charge on any atom is -0.480 e. The molecule has 182 valence electrons. The number of amides is 1. The number of benzene rings is 1. The van der Waals surface area contributed by atoms with Gasteiger partial charge in [-0.1, -0.05) is 52.0 Å². The zero-order chi connectivity index (χ0) is 24.1. The minimum atomic E-state index is -0.995. The Labute approximate surface area is 205 Å². The molecule has 2 heterocycles. The first-order chi connectivity index (χ1) is 16.5. The molecule has 0 saturated heterocycles. The Bertz CT molecular complexity index is 1110. The van der Waals surface area contributed by atoms with Gasteiger partial charge in [0.15, 0.2) is 0 Å². The van der Waals surface area contributed by atoms with E-state index in [4.69, 9.17) is 4.98 Å². The summed E-state index contributed by atoms with van der Waals surface area (Å²) in [6.45, 7) is 4.03. The number of rotatable bonds is 9. The molecule has 2 aromatic heterocycles. The van der Waals surface area contributed by atoms with Crippen LogP contribution in [0.25, 0.3) is 11.0 Å². The van der Waals surface area contributed by atoms with Crippen molar-refractivity contribution < 1.29 is 14.7 Å². The molecule has 1 aliphatic carbocycles. The van der Waals surface area contributed by atoms with Crippen LogP contribution in [0.15, 0.2) is 35.7 Å². The van der Waals surface area contributed by atoms with Crippen LogP contribution in [0.1, 0.15) is 92.3 Å². The van der Waals surface area contributed by atoms with E-state index in [0.29, 0.717) is 18.0 Å². The van der Waals surface area contributed by atoms with Crippen molar-refractivity contribution in [1.82, 2.24) is 14.9 Å². The van der Waals surface area contributed by atoms with E-state index in [0.717, 1.165) is 42.5 Å². The van der Waals surface area contributed by atoms with Crippen molar-refractivity contribution in [2.24, 2.45) is 5.92 Å². The number of carbonyl (C=O) groups excluding carboxylic acids is 1. The van der Waals surface area contributed by atoms with Crippen LogP contribution in [-0.4, -0.2) is 32.6 Å². The highest BCUT2D eigenvalue weighted by Gasteiger charge is 2.25. The third-order valence-corrected chi connectivity index (χ3v) is 7.94. The second kappa shape index (κ2) is 11.2. The number of aromatic nitrogens is 2. The van der Waals surface area contributed by atoms with Crippen LogP contribution in [0.4, 0.5) is 0 Å². The molecule has 0 spiro atoms. The Kier molecular flexibility index (Phi) is 8.03. The summed E-state index contributed by atoms with van der Waals surface area (Å²) in [6.07, 6.45) is 9.41. The van der Waals surface area contributed by atoms with Crippen LogP contribution in [0, 0.1) is 5.92 Å². The van der Waals surface area contributed by atoms with Gasteiger partial charge in [-0.2, -0.15) is 0 Å². The molecule has 34 heavy (non-hydrogen) atoms. The molecule has 7 heteroatoms. The number of fused-ring (bicyclic) bond motifs is 1. The number of nitrogens with zero attached hydrogens (tertiary/aromatic N) is 2. The van der Waals surface area contributed by atoms with Crippen molar-refractivity contribution in [2.45, 2.75) is 83.7 Å². The highest BCUT2D eigenvalue weighted by Crippen LogP contribution is 2.33. The van der Waals surface area contributed by atoms with Crippen LogP contribution in [0.5, 0.6) is 0 Å². The molecule has 4 rings (SSSR count). The smallest absolute Gasteiger partial charge is 0.326 e. The van der Waals surface area contributed by atoms with Gasteiger partial charge >= 0.3 is 5.97 Å². The maximum absolute atomic E-state index is 13.0. The van der Waals surface area contributed by atoms with Crippen molar-refractivity contribution in [3.05, 3.63) is 52.0 Å². The van der Waals surface area contributed by atoms with E-state index in [1.165, 1.54) is 30.6 Å². The molecule has 1 aliphatic rings. The summed E-state index contributed by atoms with van der Waals surface area (Å²) in [5.41, 5.74) is 2.32. The largest absolute Gasteiger partial charge is 0.480 e. The molecule has 0 radical (unpaired) electrons. The summed E-state index contributed by atoms with van der Waals surface area (Å²) in [4.78, 5) is 30.9. The maximum atomic E-state index is 13.0. The van der Waals surface area contributed by atoms with Gasteiger partial charge in [-0.3, -0.25) is 4.79 Å². The molecule has 1 fully saturated rings. The second-order valence-electron chi connectivity index (χ2n) is 9.62. The molecule has 1 amide bonds. The SMILES string of the molecule is CCC(C)C[C@H](NC(=O)c1ccc2c(c1)nc(Cc1cccs1)n2C1CCCCCC1)C(=O)O. The topological polar surface area (TPSA) is 84.2 Å². The van der Waals surface area contributed by atoms with E-state index in [1.807, 2.05) is 32.0 Å². The molecule has 2 atom stereocenters. The fourth-order valence-electron chi connectivity index (χ4n) is 4.94. The summed E-state index contributed by atoms with van der Waals surface area (Å²) < 4.78 is 2.41. The van der Waals surface area contributed by atoms with Crippen LogP contribution < -0.4 is 5.32 Å². The molecule has 1 aromatic carbocycles. The van der Waals surface area contributed by atoms with Crippen molar-refractivity contribution in [3.63, 3.8) is 0 Å². The molecular weight excluding hydrogens is 446 g/mol. The Balaban J connectivity index is 1.64. The van der Waals surface area contributed by atoms with Gasteiger partial charge in [0.25, 0.3) is 5.91 Å². The maximum Gasteiger partial charge on any atom is 0.326 e. The van der Waals surface area contributed by atoms with Gasteiger partial charge in [0, 0.05) is 22.9 Å². The van der Waals surface area contributed by atoms with Crippen molar-refractivity contribution in [3.8, 4) is 0 Å². The lowest BCUT2D eigenvalue weighted by molar-refractivity contribution is -0.139. The Hall–Kier alpha value is -2.67. The molecule has 2 N–H and O–H groups in total. The number of carboxylic acid groups (broad SMARTS) is 1. The molecule has 1 unspecified atom stereocenters. The van der Waals surface area contributed by atoms with Crippen LogP contribution in [0.3, 0.4) is 0 Å². The summed E-state index contributed by atoms with van der Waals surface area (Å²) in [7, 11) is 0. The molecule has 1 saturated carbocycles. The van der Waals surface area contributed by atoms with Gasteiger partial charge in [0.2, 0.25) is 0 Å². The lowest BCUT2D eigenvalue weighted by Gasteiger charge is -2.20. The highest BCUT2D eigenvalue weighted by molar-refractivity contribution is 7.09. The van der Waals surface area contributed by atoms with E-state index in [2.05, 4.69) is 27.4 Å². The van der Waals surface area contributed by atoms with E-state index in [1.54, 1.807) is 11.3 Å². The van der Waals surface area contributed by atoms with Crippen LogP contribution in [0.2, 0.25) is 0 Å². The predicted molar refractivity (Wildman–Crippen MR) is 137 cm³/mol. The summed E-state index contributed by atoms with van der Waals surface area (Å²) in [6, 6.07) is 9.36. The minimum absolute atomic E-state index is 0.221. The van der Waals surface area contributed by atoms with Gasteiger partial charge < -0.3 is 15.0 Å². The first-order valence-electron chi connectivity index (χ1n) is 12.5. The zero-order valence-corrected chi connectivity index (χ0v) is 20.9. The average molecular weight is 482 g/mol. The van der Waals surface area contributed by atoms with Gasteiger partial charge in [-0.15, -0.1) is 11.3 Å². The summed E-state index contributed by atoms with van der Waals surface area (Å²) >= 11 is 1.74. The Morgan fingerprint density at radius 3 is 2.62 bits per heavy atom. The fourth-order valence-corrected chi connectivity index (χ4v) is 5.64. The molecule has 0 bridgehead atoms. The van der Waals surface area contributed by atoms with Crippen molar-refractivity contribution >= 4 is 34.2 Å². The number of aliphatic carboxylic acids is 1. The van der Waals surface area contributed by atoms with E-state index in [-0.39, 0.29) is 11.8 Å². The summed E-state index contributed by atoms with van der Waals surface area (Å²) in [5.74, 6) is -0.0897. The zero-order valence-electron chi connectivity index (χ0n) is 20.1. The van der Waals surface area contributed by atoms with Crippen LogP contribution >= 0.6 is 11.3 Å². The highest BCUT2D eigenvalue weighted by atomic mass is 32.1. The fraction of sp³-hybridized carbons (Fsp3) is 0.519. The lowest BCUT2D eigenvalue weighted by Crippen LogP contribution is -2.41. The normalized spacial score (nSPS) is 16.8. The van der Waals surface area contributed by atoms with Gasteiger partial charge in [0.05, 0.1) is 11.0 Å². The number of carbonyl (C=O) groups is 2.